The summed E-state index contributed by atoms with van der Waals surface area (Å²) in [5, 5.41) is 16.4. The summed E-state index contributed by atoms with van der Waals surface area (Å²) in [6, 6.07) is 7.88. The molecule has 0 bridgehead atoms. The summed E-state index contributed by atoms with van der Waals surface area (Å²) in [6.45, 7) is 6.10. The van der Waals surface area contributed by atoms with E-state index in [2.05, 4.69) is 20.4 Å². The van der Waals surface area contributed by atoms with Gasteiger partial charge in [0.25, 0.3) is 0 Å². The summed E-state index contributed by atoms with van der Waals surface area (Å²) < 4.78 is 17.6. The quantitative estimate of drug-likeness (QED) is 0.468. The van der Waals surface area contributed by atoms with Crippen LogP contribution in [0.1, 0.15) is 29.7 Å². The molecule has 0 saturated heterocycles. The van der Waals surface area contributed by atoms with Gasteiger partial charge in [-0.25, -0.2) is 14.4 Å². The summed E-state index contributed by atoms with van der Waals surface area (Å²) in [7, 11) is 0. The number of rotatable bonds is 6. The van der Waals surface area contributed by atoms with Gasteiger partial charge in [0.2, 0.25) is 5.91 Å². The summed E-state index contributed by atoms with van der Waals surface area (Å²) in [6.07, 6.45) is 3.71. The van der Waals surface area contributed by atoms with Crippen LogP contribution >= 0.6 is 11.6 Å². The number of imidazole rings is 1. The number of halogens is 2. The largest absolute Gasteiger partial charge is 0.351 e. The predicted octanol–water partition coefficient (Wildman–Crippen LogP) is 3.62. The van der Waals surface area contributed by atoms with Gasteiger partial charge in [0.05, 0.1) is 29.4 Å². The maximum absolute atomic E-state index is 14.0. The highest BCUT2D eigenvalue weighted by Crippen LogP contribution is 2.26. The van der Waals surface area contributed by atoms with Crippen molar-refractivity contribution in [2.75, 3.05) is 0 Å². The molecule has 0 saturated carbocycles. The van der Waals surface area contributed by atoms with Gasteiger partial charge < -0.3 is 5.32 Å². The monoisotopic (exact) mass is 465 g/mol. The van der Waals surface area contributed by atoms with Gasteiger partial charge in [-0.15, -0.1) is 0 Å². The Labute approximate surface area is 194 Å². The van der Waals surface area contributed by atoms with Crippen LogP contribution in [0.5, 0.6) is 0 Å². The van der Waals surface area contributed by atoms with Gasteiger partial charge in [-0.05, 0) is 39.0 Å². The van der Waals surface area contributed by atoms with E-state index < -0.39 is 5.82 Å². The number of hydrogen-bond donors (Lipinski definition) is 1. The van der Waals surface area contributed by atoms with Crippen molar-refractivity contribution in [3.8, 4) is 17.3 Å². The van der Waals surface area contributed by atoms with Crippen LogP contribution in [0.15, 0.2) is 36.7 Å². The van der Waals surface area contributed by atoms with E-state index in [1.54, 1.807) is 23.0 Å². The molecule has 3 heterocycles. The molecule has 1 aromatic carbocycles. The molecule has 0 aliphatic rings. The molecule has 1 amide bonds. The van der Waals surface area contributed by atoms with Gasteiger partial charge in [-0.2, -0.15) is 10.4 Å². The van der Waals surface area contributed by atoms with Crippen molar-refractivity contribution >= 4 is 23.2 Å². The Bertz CT molecular complexity index is 1380. The van der Waals surface area contributed by atoms with Gasteiger partial charge in [-0.3, -0.25) is 13.9 Å². The van der Waals surface area contributed by atoms with Crippen molar-refractivity contribution < 1.29 is 9.18 Å². The molecular formula is C23H21ClFN7O. The van der Waals surface area contributed by atoms with Crippen molar-refractivity contribution in [1.82, 2.24) is 29.5 Å². The van der Waals surface area contributed by atoms with Crippen LogP contribution in [-0.2, 0) is 17.8 Å². The fraction of sp³-hybridized carbons (Fsp3) is 0.261. The molecule has 0 unspecified atom stereocenters. The summed E-state index contributed by atoms with van der Waals surface area (Å²) >= 11 is 5.99. The molecular weight excluding hydrogens is 445 g/mol. The third-order valence-electron chi connectivity index (χ3n) is 5.11. The fourth-order valence-electron chi connectivity index (χ4n) is 3.68. The second-order valence-corrected chi connectivity index (χ2v) is 8.31. The van der Waals surface area contributed by atoms with Gasteiger partial charge in [0.15, 0.2) is 0 Å². The Morgan fingerprint density at radius 1 is 1.30 bits per heavy atom. The number of fused-ring (bicyclic) bond motifs is 1. The molecule has 8 nitrogen and oxygen atoms in total. The predicted molar refractivity (Wildman–Crippen MR) is 121 cm³/mol. The van der Waals surface area contributed by atoms with Crippen molar-refractivity contribution in [3.05, 3.63) is 70.3 Å². The zero-order valence-corrected chi connectivity index (χ0v) is 19.1. The lowest BCUT2D eigenvalue weighted by Crippen LogP contribution is -2.36. The number of hydrogen-bond acceptors (Lipinski definition) is 5. The summed E-state index contributed by atoms with van der Waals surface area (Å²) in [5.74, 6) is -0.0275. The maximum Gasteiger partial charge on any atom is 0.226 e. The van der Waals surface area contributed by atoms with Gasteiger partial charge >= 0.3 is 0 Å². The van der Waals surface area contributed by atoms with E-state index >= 15 is 0 Å². The van der Waals surface area contributed by atoms with E-state index in [-0.39, 0.29) is 29.0 Å². The highest BCUT2D eigenvalue weighted by molar-refractivity contribution is 6.32. The fourth-order valence-corrected chi connectivity index (χ4v) is 3.93. The molecule has 10 heteroatoms. The number of aromatic nitrogens is 5. The van der Waals surface area contributed by atoms with Crippen LogP contribution in [0.3, 0.4) is 0 Å². The number of nitrogens with zero attached hydrogens (tertiary/aromatic N) is 6. The highest BCUT2D eigenvalue weighted by atomic mass is 35.5. The van der Waals surface area contributed by atoms with E-state index in [1.165, 1.54) is 12.1 Å². The minimum absolute atomic E-state index is 0.0377. The lowest BCUT2D eigenvalue weighted by atomic mass is 10.1. The normalized spacial score (nSPS) is 12.0. The molecule has 4 aromatic rings. The number of benzene rings is 1. The molecule has 0 spiro atoms. The number of carbonyl (C=O) groups excluding carboxylic acids is 1. The third kappa shape index (κ3) is 4.86. The number of nitriles is 1. The Morgan fingerprint density at radius 2 is 2.09 bits per heavy atom. The molecule has 33 heavy (non-hydrogen) atoms. The number of carbonyl (C=O) groups is 1. The van der Waals surface area contributed by atoms with E-state index in [0.717, 1.165) is 17.2 Å². The first-order valence-electron chi connectivity index (χ1n) is 10.3. The second-order valence-electron chi connectivity index (χ2n) is 7.90. The zero-order valence-electron chi connectivity index (χ0n) is 18.3. The minimum atomic E-state index is -0.691. The van der Waals surface area contributed by atoms with E-state index in [0.29, 0.717) is 23.5 Å². The van der Waals surface area contributed by atoms with Crippen LogP contribution < -0.4 is 5.32 Å². The van der Waals surface area contributed by atoms with Gasteiger partial charge in [0, 0.05) is 35.8 Å². The first-order valence-corrected chi connectivity index (χ1v) is 10.7. The minimum Gasteiger partial charge on any atom is -0.351 e. The highest BCUT2D eigenvalue weighted by Gasteiger charge is 2.15. The van der Waals surface area contributed by atoms with E-state index in [1.807, 2.05) is 37.4 Å². The molecule has 3 aromatic heterocycles. The molecule has 1 atom stereocenters. The number of nitrogens with one attached hydrogen (secondary N) is 1. The first-order chi connectivity index (χ1) is 15.7. The van der Waals surface area contributed by atoms with E-state index in [4.69, 9.17) is 16.9 Å². The average molecular weight is 466 g/mol. The topological polar surface area (TPSA) is 101 Å². The molecule has 168 valence electrons. The Morgan fingerprint density at radius 3 is 2.82 bits per heavy atom. The standard InChI is InChI=1S/C23H21ClFN7O/c1-13-6-22-29-17(12-32(22)15(3)27-13)9-23(33)28-14(2)11-31-5-4-21(30-31)16-7-19(24)18(10-26)20(25)8-16/h4-8,12,14H,9,11H2,1-3H3,(H,28,33)/t14-/m0/s1. The zero-order chi connectivity index (χ0) is 23.7. The lowest BCUT2D eigenvalue weighted by Gasteiger charge is -2.13. The Balaban J connectivity index is 1.39. The molecule has 0 aliphatic carbocycles. The van der Waals surface area contributed by atoms with Gasteiger partial charge in [-0.1, -0.05) is 11.6 Å². The first kappa shape index (κ1) is 22.4. The third-order valence-corrected chi connectivity index (χ3v) is 5.41. The summed E-state index contributed by atoms with van der Waals surface area (Å²) in [4.78, 5) is 21.4. The number of aryl methyl sites for hydroxylation is 2. The van der Waals surface area contributed by atoms with Gasteiger partial charge in [0.1, 0.15) is 28.9 Å². The molecule has 0 fully saturated rings. The summed E-state index contributed by atoms with van der Waals surface area (Å²) in [5.41, 5.74) is 3.10. The van der Waals surface area contributed by atoms with Crippen molar-refractivity contribution in [3.63, 3.8) is 0 Å². The second kappa shape index (κ2) is 9.00. The van der Waals surface area contributed by atoms with Crippen LogP contribution in [0.25, 0.3) is 16.9 Å². The SMILES string of the molecule is Cc1cc2nc(CC(=O)N[C@@H](C)Cn3ccc(-c4cc(F)c(C#N)c(Cl)c4)n3)cn2c(C)n1. The Hall–Kier alpha value is -3.77. The average Bonchev–Trinajstić information content (AvgIpc) is 3.34. The molecule has 0 radical (unpaired) electrons. The smallest absolute Gasteiger partial charge is 0.226 e. The maximum atomic E-state index is 14.0. The lowest BCUT2D eigenvalue weighted by molar-refractivity contribution is -0.121. The van der Waals surface area contributed by atoms with Crippen molar-refractivity contribution in [2.24, 2.45) is 0 Å². The molecule has 1 N–H and O–H groups in total. The van der Waals surface area contributed by atoms with Crippen LogP contribution in [0.2, 0.25) is 5.02 Å². The van der Waals surface area contributed by atoms with Crippen LogP contribution in [0.4, 0.5) is 4.39 Å². The molecule has 0 aliphatic heterocycles. The van der Waals surface area contributed by atoms with Crippen molar-refractivity contribution in [2.45, 2.75) is 39.8 Å². The molecule has 4 rings (SSSR count). The van der Waals surface area contributed by atoms with Crippen LogP contribution in [0, 0.1) is 31.0 Å². The van der Waals surface area contributed by atoms with E-state index in [9.17, 15) is 9.18 Å². The Kier molecular flexibility index (Phi) is 6.11. The number of amides is 1. The van der Waals surface area contributed by atoms with Crippen LogP contribution in [-0.4, -0.2) is 36.1 Å². The van der Waals surface area contributed by atoms with Crippen molar-refractivity contribution in [1.29, 1.82) is 5.26 Å².